The zero-order valence-corrected chi connectivity index (χ0v) is 16.0. The molecule has 1 aliphatic carbocycles. The third-order valence-corrected chi connectivity index (χ3v) is 6.91. The Morgan fingerprint density at radius 1 is 1.27 bits per heavy atom. The van der Waals surface area contributed by atoms with Gasteiger partial charge in [0.1, 0.15) is 4.83 Å². The minimum Gasteiger partial charge on any atom is -0.369 e. The van der Waals surface area contributed by atoms with E-state index in [0.29, 0.717) is 5.16 Å². The molecule has 0 saturated carbocycles. The van der Waals surface area contributed by atoms with E-state index in [0.717, 1.165) is 47.2 Å². The number of rotatable bonds is 4. The van der Waals surface area contributed by atoms with E-state index >= 15 is 0 Å². The molecule has 2 heterocycles. The fourth-order valence-corrected chi connectivity index (χ4v) is 5.47. The van der Waals surface area contributed by atoms with Crippen molar-refractivity contribution in [2.75, 3.05) is 0 Å². The number of benzene rings is 1. The third kappa shape index (κ3) is 2.95. The number of aryl methyl sites for hydroxylation is 2. The number of hydrogen-bond acceptors (Lipinski definition) is 5. The lowest BCUT2D eigenvalue weighted by molar-refractivity contribution is -0.117. The molecule has 0 spiro atoms. The van der Waals surface area contributed by atoms with Crippen molar-refractivity contribution in [2.24, 2.45) is 5.73 Å². The summed E-state index contributed by atoms with van der Waals surface area (Å²) in [5.41, 5.74) is 7.29. The molecular formula is C19H19N3O2S2. The summed E-state index contributed by atoms with van der Waals surface area (Å²) in [4.78, 5) is 31.8. The highest BCUT2D eigenvalue weighted by molar-refractivity contribution is 8.00. The van der Waals surface area contributed by atoms with Crippen LogP contribution in [0.1, 0.15) is 30.2 Å². The van der Waals surface area contributed by atoms with Crippen LogP contribution in [0, 0.1) is 0 Å². The average Bonchev–Trinajstić information content (AvgIpc) is 3.01. The van der Waals surface area contributed by atoms with Crippen LogP contribution in [-0.2, 0) is 17.6 Å². The molecular weight excluding hydrogens is 366 g/mol. The van der Waals surface area contributed by atoms with Gasteiger partial charge < -0.3 is 5.73 Å². The second kappa shape index (κ2) is 6.89. The molecule has 0 radical (unpaired) electrons. The van der Waals surface area contributed by atoms with E-state index in [9.17, 15) is 9.59 Å². The van der Waals surface area contributed by atoms with Gasteiger partial charge in [0.2, 0.25) is 5.91 Å². The molecule has 1 atom stereocenters. The lowest BCUT2D eigenvalue weighted by atomic mass is 9.97. The molecule has 134 valence electrons. The number of carbonyl (C=O) groups is 1. The summed E-state index contributed by atoms with van der Waals surface area (Å²) < 4.78 is 1.62. The minimum absolute atomic E-state index is 0.0558. The maximum atomic E-state index is 13.4. The molecule has 26 heavy (non-hydrogen) atoms. The van der Waals surface area contributed by atoms with Crippen molar-refractivity contribution in [1.29, 1.82) is 0 Å². The van der Waals surface area contributed by atoms with Crippen LogP contribution in [0.15, 0.2) is 40.3 Å². The number of hydrogen-bond donors (Lipinski definition) is 1. The number of para-hydroxylation sites is 1. The SMILES string of the molecule is C[C@H](Sc1nc2sc3c(c2c(=O)n1-c1ccccc1)CCCC3)C(N)=O. The molecule has 0 saturated heterocycles. The number of nitrogens with zero attached hydrogens (tertiary/aromatic N) is 2. The fraction of sp³-hybridized carbons (Fsp3) is 0.316. The van der Waals surface area contributed by atoms with E-state index in [1.807, 2.05) is 30.3 Å². The highest BCUT2D eigenvalue weighted by atomic mass is 32.2. The van der Waals surface area contributed by atoms with Crippen LogP contribution in [-0.4, -0.2) is 20.7 Å². The van der Waals surface area contributed by atoms with Crippen molar-refractivity contribution < 1.29 is 4.79 Å². The summed E-state index contributed by atoms with van der Waals surface area (Å²) in [6.07, 6.45) is 4.22. The van der Waals surface area contributed by atoms with E-state index in [4.69, 9.17) is 10.7 Å². The van der Waals surface area contributed by atoms with Crippen molar-refractivity contribution in [1.82, 2.24) is 9.55 Å². The van der Waals surface area contributed by atoms with Crippen LogP contribution in [0.3, 0.4) is 0 Å². The van der Waals surface area contributed by atoms with E-state index < -0.39 is 11.2 Å². The van der Waals surface area contributed by atoms with Gasteiger partial charge >= 0.3 is 0 Å². The summed E-state index contributed by atoms with van der Waals surface area (Å²) in [7, 11) is 0. The third-order valence-electron chi connectivity index (χ3n) is 4.66. The fourth-order valence-electron chi connectivity index (χ4n) is 3.29. The van der Waals surface area contributed by atoms with Crippen molar-refractivity contribution in [3.63, 3.8) is 0 Å². The molecule has 3 aromatic rings. The Kier molecular flexibility index (Phi) is 4.58. The van der Waals surface area contributed by atoms with E-state index in [1.54, 1.807) is 22.8 Å². The zero-order valence-electron chi connectivity index (χ0n) is 14.4. The highest BCUT2D eigenvalue weighted by Crippen LogP contribution is 2.35. The first-order valence-corrected chi connectivity index (χ1v) is 10.3. The normalized spacial score (nSPS) is 15.0. The van der Waals surface area contributed by atoms with Crippen molar-refractivity contribution in [3.05, 3.63) is 51.1 Å². The lowest BCUT2D eigenvalue weighted by Crippen LogP contribution is -2.26. The van der Waals surface area contributed by atoms with E-state index in [-0.39, 0.29) is 5.56 Å². The number of aromatic nitrogens is 2. The molecule has 1 amide bonds. The molecule has 0 unspecified atom stereocenters. The maximum absolute atomic E-state index is 13.4. The lowest BCUT2D eigenvalue weighted by Gasteiger charge is -2.15. The Hall–Kier alpha value is -2.12. The monoisotopic (exact) mass is 385 g/mol. The second-order valence-electron chi connectivity index (χ2n) is 6.42. The van der Waals surface area contributed by atoms with Gasteiger partial charge in [-0.15, -0.1) is 11.3 Å². The first-order chi connectivity index (χ1) is 12.6. The Labute approximate surface area is 159 Å². The largest absolute Gasteiger partial charge is 0.369 e. The van der Waals surface area contributed by atoms with Gasteiger partial charge in [-0.05, 0) is 50.3 Å². The molecule has 7 heteroatoms. The molecule has 0 fully saturated rings. The van der Waals surface area contributed by atoms with Crippen molar-refractivity contribution in [2.45, 2.75) is 43.0 Å². The first-order valence-electron chi connectivity index (χ1n) is 8.65. The Morgan fingerprint density at radius 2 is 2.00 bits per heavy atom. The number of thioether (sulfide) groups is 1. The van der Waals surface area contributed by atoms with Gasteiger partial charge in [-0.25, -0.2) is 4.98 Å². The Bertz CT molecular complexity index is 1040. The van der Waals surface area contributed by atoms with Gasteiger partial charge in [0.25, 0.3) is 5.56 Å². The quantitative estimate of drug-likeness (QED) is 0.552. The molecule has 0 aliphatic heterocycles. The predicted octanol–water partition coefficient (Wildman–Crippen LogP) is 3.29. The van der Waals surface area contributed by atoms with Gasteiger partial charge in [0, 0.05) is 4.88 Å². The first kappa shape index (κ1) is 17.3. The second-order valence-corrected chi connectivity index (χ2v) is 8.82. The van der Waals surface area contributed by atoms with Gasteiger partial charge in [-0.2, -0.15) is 0 Å². The number of carbonyl (C=O) groups excluding carboxylic acids is 1. The topological polar surface area (TPSA) is 78.0 Å². The zero-order chi connectivity index (χ0) is 18.3. The summed E-state index contributed by atoms with van der Waals surface area (Å²) in [6, 6.07) is 9.45. The van der Waals surface area contributed by atoms with Crippen LogP contribution in [0.4, 0.5) is 0 Å². The van der Waals surface area contributed by atoms with Crippen LogP contribution in [0.2, 0.25) is 0 Å². The van der Waals surface area contributed by atoms with E-state index in [2.05, 4.69) is 0 Å². The molecule has 2 N–H and O–H groups in total. The predicted molar refractivity (Wildman–Crippen MR) is 106 cm³/mol. The summed E-state index contributed by atoms with van der Waals surface area (Å²) >= 11 is 2.85. The van der Waals surface area contributed by atoms with Gasteiger partial charge in [0.05, 0.1) is 16.3 Å². The smallest absolute Gasteiger partial charge is 0.267 e. The average molecular weight is 386 g/mol. The highest BCUT2D eigenvalue weighted by Gasteiger charge is 2.24. The summed E-state index contributed by atoms with van der Waals surface area (Å²) in [5.74, 6) is -0.422. The molecule has 0 bridgehead atoms. The Balaban J connectivity index is 1.99. The number of primary amides is 1. The molecule has 1 aromatic carbocycles. The number of amides is 1. The standard InChI is InChI=1S/C19H19N3O2S2/c1-11(16(20)23)25-19-21-17-15(13-9-5-6-10-14(13)26-17)18(24)22(19)12-7-3-2-4-8-12/h2-4,7-8,11H,5-6,9-10H2,1H3,(H2,20,23)/t11-/m0/s1. The minimum atomic E-state index is -0.469. The number of thiophene rings is 1. The van der Waals surface area contributed by atoms with Crippen molar-refractivity contribution in [3.8, 4) is 5.69 Å². The van der Waals surface area contributed by atoms with Crippen LogP contribution < -0.4 is 11.3 Å². The maximum Gasteiger partial charge on any atom is 0.267 e. The van der Waals surface area contributed by atoms with Crippen LogP contribution in [0.25, 0.3) is 15.9 Å². The molecule has 1 aliphatic rings. The van der Waals surface area contributed by atoms with Crippen LogP contribution in [0.5, 0.6) is 0 Å². The summed E-state index contributed by atoms with van der Waals surface area (Å²) in [5, 5.41) is 0.784. The van der Waals surface area contributed by atoms with Gasteiger partial charge in [-0.3, -0.25) is 14.2 Å². The number of nitrogens with two attached hydrogens (primary N) is 1. The molecule has 2 aromatic heterocycles. The Morgan fingerprint density at radius 3 is 2.73 bits per heavy atom. The molecule has 5 nitrogen and oxygen atoms in total. The number of fused-ring (bicyclic) bond motifs is 3. The molecule has 4 rings (SSSR count). The van der Waals surface area contributed by atoms with Crippen LogP contribution >= 0.6 is 23.1 Å². The summed E-state index contributed by atoms with van der Waals surface area (Å²) in [6.45, 7) is 1.73. The van der Waals surface area contributed by atoms with Gasteiger partial charge in [0.15, 0.2) is 5.16 Å². The van der Waals surface area contributed by atoms with Gasteiger partial charge in [-0.1, -0.05) is 30.0 Å². The van der Waals surface area contributed by atoms with Crippen molar-refractivity contribution >= 4 is 39.2 Å². The van der Waals surface area contributed by atoms with E-state index in [1.165, 1.54) is 16.6 Å².